The molecule has 1 aliphatic carbocycles. The summed E-state index contributed by atoms with van der Waals surface area (Å²) in [6.45, 7) is 0.283. The highest BCUT2D eigenvalue weighted by Gasteiger charge is 2.33. The number of aliphatic hydroxyl groups excluding tert-OH is 1. The molecule has 0 aromatic heterocycles. The van der Waals surface area contributed by atoms with Crippen LogP contribution in [0, 0.1) is 5.92 Å². The standard InChI is InChI=1S/C7H11NO/c9-4-7-5-1-2-6(3-5)8-7/h1-2,5-9H,3-4H2. The molecule has 2 N–H and O–H groups in total. The summed E-state index contributed by atoms with van der Waals surface area (Å²) in [5.74, 6) is 0.611. The summed E-state index contributed by atoms with van der Waals surface area (Å²) in [5, 5.41) is 12.1. The van der Waals surface area contributed by atoms with E-state index in [-0.39, 0.29) is 6.61 Å². The molecule has 50 valence electrons. The van der Waals surface area contributed by atoms with Crippen molar-refractivity contribution in [3.05, 3.63) is 12.2 Å². The summed E-state index contributed by atoms with van der Waals surface area (Å²) in [6, 6.07) is 0.909. The smallest absolute Gasteiger partial charge is 0.0590 e. The summed E-state index contributed by atoms with van der Waals surface area (Å²) in [5.41, 5.74) is 0. The summed E-state index contributed by atoms with van der Waals surface area (Å²) in [6.07, 6.45) is 5.60. The van der Waals surface area contributed by atoms with Crippen LogP contribution in [0.3, 0.4) is 0 Å². The van der Waals surface area contributed by atoms with Crippen molar-refractivity contribution in [3.8, 4) is 0 Å². The lowest BCUT2D eigenvalue weighted by atomic mass is 10.0. The van der Waals surface area contributed by atoms with Crippen LogP contribution in [0.4, 0.5) is 0 Å². The number of rotatable bonds is 1. The monoisotopic (exact) mass is 125 g/mol. The van der Waals surface area contributed by atoms with Crippen molar-refractivity contribution < 1.29 is 5.11 Å². The van der Waals surface area contributed by atoms with Gasteiger partial charge in [0, 0.05) is 12.1 Å². The van der Waals surface area contributed by atoms with E-state index in [4.69, 9.17) is 5.11 Å². The van der Waals surface area contributed by atoms with Crippen LogP contribution in [-0.2, 0) is 0 Å². The third-order valence-corrected chi connectivity index (χ3v) is 2.26. The van der Waals surface area contributed by atoms with E-state index in [1.165, 1.54) is 6.42 Å². The first-order valence-corrected chi connectivity index (χ1v) is 3.45. The number of fused-ring (bicyclic) bond motifs is 2. The van der Waals surface area contributed by atoms with Crippen molar-refractivity contribution >= 4 is 0 Å². The van der Waals surface area contributed by atoms with E-state index in [1.807, 2.05) is 0 Å². The van der Waals surface area contributed by atoms with Crippen molar-refractivity contribution in [1.82, 2.24) is 5.32 Å². The molecule has 2 rings (SSSR count). The van der Waals surface area contributed by atoms with Crippen LogP contribution in [0.1, 0.15) is 6.42 Å². The van der Waals surface area contributed by atoms with Gasteiger partial charge in [-0.3, -0.25) is 0 Å². The van der Waals surface area contributed by atoms with Crippen molar-refractivity contribution in [2.24, 2.45) is 5.92 Å². The van der Waals surface area contributed by atoms with Crippen LogP contribution in [0.5, 0.6) is 0 Å². The molecule has 0 radical (unpaired) electrons. The lowest BCUT2D eigenvalue weighted by molar-refractivity contribution is 0.236. The molecule has 1 heterocycles. The first kappa shape index (κ1) is 5.45. The minimum absolute atomic E-state index is 0.283. The molecule has 2 nitrogen and oxygen atoms in total. The Morgan fingerprint density at radius 2 is 2.44 bits per heavy atom. The van der Waals surface area contributed by atoms with Crippen molar-refractivity contribution in [3.63, 3.8) is 0 Å². The fraction of sp³-hybridized carbons (Fsp3) is 0.714. The first-order chi connectivity index (χ1) is 4.40. The van der Waals surface area contributed by atoms with Gasteiger partial charge in [-0.2, -0.15) is 0 Å². The van der Waals surface area contributed by atoms with Gasteiger partial charge in [0.15, 0.2) is 0 Å². The fourth-order valence-electron chi connectivity index (χ4n) is 1.74. The second-order valence-corrected chi connectivity index (χ2v) is 2.85. The van der Waals surface area contributed by atoms with E-state index in [0.717, 1.165) is 0 Å². The average Bonchev–Trinajstić information content (AvgIpc) is 2.45. The third-order valence-electron chi connectivity index (χ3n) is 2.26. The fourth-order valence-corrected chi connectivity index (χ4v) is 1.74. The van der Waals surface area contributed by atoms with Gasteiger partial charge in [-0.15, -0.1) is 0 Å². The van der Waals surface area contributed by atoms with Gasteiger partial charge in [0.05, 0.1) is 6.61 Å². The molecule has 0 aromatic carbocycles. The van der Waals surface area contributed by atoms with Crippen molar-refractivity contribution in [2.45, 2.75) is 18.5 Å². The molecule has 3 atom stereocenters. The van der Waals surface area contributed by atoms with E-state index in [0.29, 0.717) is 18.0 Å². The Hall–Kier alpha value is -0.340. The Kier molecular flexibility index (Phi) is 1.10. The normalized spacial score (nSPS) is 46.6. The highest BCUT2D eigenvalue weighted by atomic mass is 16.3. The number of hydrogen-bond donors (Lipinski definition) is 2. The van der Waals surface area contributed by atoms with Gasteiger partial charge in [0.1, 0.15) is 0 Å². The maximum Gasteiger partial charge on any atom is 0.0590 e. The molecule has 1 fully saturated rings. The number of aliphatic hydroxyl groups is 1. The average molecular weight is 125 g/mol. The van der Waals surface area contributed by atoms with Crippen LogP contribution in [0.2, 0.25) is 0 Å². The van der Waals surface area contributed by atoms with Crippen molar-refractivity contribution in [1.29, 1.82) is 0 Å². The molecule has 1 saturated heterocycles. The van der Waals surface area contributed by atoms with Crippen LogP contribution >= 0.6 is 0 Å². The van der Waals surface area contributed by atoms with Gasteiger partial charge in [-0.1, -0.05) is 12.2 Å². The molecule has 0 saturated carbocycles. The van der Waals surface area contributed by atoms with Gasteiger partial charge >= 0.3 is 0 Å². The van der Waals surface area contributed by atoms with Crippen LogP contribution < -0.4 is 5.32 Å². The van der Waals surface area contributed by atoms with Crippen molar-refractivity contribution in [2.75, 3.05) is 6.61 Å². The quantitative estimate of drug-likeness (QED) is 0.479. The lowest BCUT2D eigenvalue weighted by Crippen LogP contribution is -2.35. The number of nitrogens with one attached hydrogen (secondary N) is 1. The Balaban J connectivity index is 2.10. The Morgan fingerprint density at radius 3 is 2.78 bits per heavy atom. The Morgan fingerprint density at radius 1 is 1.56 bits per heavy atom. The molecular formula is C7H11NO. The zero-order valence-corrected chi connectivity index (χ0v) is 5.25. The van der Waals surface area contributed by atoms with Crippen LogP contribution in [0.25, 0.3) is 0 Å². The maximum atomic E-state index is 8.79. The highest BCUT2D eigenvalue weighted by molar-refractivity contribution is 5.15. The lowest BCUT2D eigenvalue weighted by Gasteiger charge is -2.15. The SMILES string of the molecule is OCC1NC2C=CC1C2. The molecule has 0 aromatic rings. The molecule has 2 aliphatic rings. The van der Waals surface area contributed by atoms with E-state index >= 15 is 0 Å². The maximum absolute atomic E-state index is 8.79. The minimum atomic E-state index is 0.283. The topological polar surface area (TPSA) is 32.3 Å². The van der Waals surface area contributed by atoms with Gasteiger partial charge in [-0.05, 0) is 12.3 Å². The molecule has 2 heteroatoms. The van der Waals surface area contributed by atoms with E-state index in [1.54, 1.807) is 0 Å². The van der Waals surface area contributed by atoms with E-state index in [2.05, 4.69) is 17.5 Å². The Bertz CT molecular complexity index is 144. The summed E-state index contributed by atoms with van der Waals surface area (Å²) < 4.78 is 0. The molecule has 0 amide bonds. The van der Waals surface area contributed by atoms with Crippen LogP contribution in [-0.4, -0.2) is 23.8 Å². The minimum Gasteiger partial charge on any atom is -0.395 e. The van der Waals surface area contributed by atoms with Crippen LogP contribution in [0.15, 0.2) is 12.2 Å². The third kappa shape index (κ3) is 0.705. The summed E-state index contributed by atoms with van der Waals surface area (Å²) in [7, 11) is 0. The highest BCUT2D eigenvalue weighted by Crippen LogP contribution is 2.28. The summed E-state index contributed by atoms with van der Waals surface area (Å²) in [4.78, 5) is 0. The number of hydrogen-bond acceptors (Lipinski definition) is 2. The largest absolute Gasteiger partial charge is 0.395 e. The molecule has 9 heavy (non-hydrogen) atoms. The predicted molar refractivity (Wildman–Crippen MR) is 35.0 cm³/mol. The zero-order valence-electron chi connectivity index (χ0n) is 5.25. The van der Waals surface area contributed by atoms with Gasteiger partial charge in [-0.25, -0.2) is 0 Å². The first-order valence-electron chi connectivity index (χ1n) is 3.45. The summed E-state index contributed by atoms with van der Waals surface area (Å²) >= 11 is 0. The van der Waals surface area contributed by atoms with E-state index in [9.17, 15) is 0 Å². The van der Waals surface area contributed by atoms with Gasteiger partial charge in [0.2, 0.25) is 0 Å². The second kappa shape index (κ2) is 1.82. The zero-order chi connectivity index (χ0) is 6.27. The van der Waals surface area contributed by atoms with Gasteiger partial charge in [0.25, 0.3) is 0 Å². The van der Waals surface area contributed by atoms with Gasteiger partial charge < -0.3 is 10.4 Å². The molecule has 1 aliphatic heterocycles. The second-order valence-electron chi connectivity index (χ2n) is 2.85. The van der Waals surface area contributed by atoms with E-state index < -0.39 is 0 Å². The molecule has 0 spiro atoms. The molecule has 2 bridgehead atoms. The Labute approximate surface area is 54.6 Å². The molecular weight excluding hydrogens is 114 g/mol. The molecule has 3 unspecified atom stereocenters. The predicted octanol–water partition coefficient (Wildman–Crippen LogP) is -0.105.